The molecule has 0 saturated heterocycles. The fourth-order valence-corrected chi connectivity index (χ4v) is 4.28. The molecule has 36 heavy (non-hydrogen) atoms. The molecule has 4 nitrogen and oxygen atoms in total. The van der Waals surface area contributed by atoms with E-state index in [0.29, 0.717) is 6.42 Å². The summed E-state index contributed by atoms with van der Waals surface area (Å²) in [5.74, 6) is 0.287. The highest BCUT2D eigenvalue weighted by atomic mass is 16.1. The van der Waals surface area contributed by atoms with Crippen LogP contribution in [0.5, 0.6) is 0 Å². The number of hydrogen-bond donors (Lipinski definition) is 0. The van der Waals surface area contributed by atoms with Gasteiger partial charge in [0.25, 0.3) is 0 Å². The van der Waals surface area contributed by atoms with Gasteiger partial charge < -0.3 is 9.69 Å². The summed E-state index contributed by atoms with van der Waals surface area (Å²) in [5, 5.41) is 0. The number of rotatable bonds is 15. The SMILES string of the molecule is C=C/C(=C\N(C)C)c1cccc(-c2ccc(/C(C=NC)=C/CC)c(CCCCCCCC(C)=O)n2)c1.[HH].[HH]. The van der Waals surface area contributed by atoms with Gasteiger partial charge in [-0.15, -0.1) is 0 Å². The van der Waals surface area contributed by atoms with Crippen LogP contribution in [0.25, 0.3) is 22.4 Å². The Hall–Kier alpha value is -3.27. The quantitative estimate of drug-likeness (QED) is 0.144. The van der Waals surface area contributed by atoms with E-state index in [9.17, 15) is 4.79 Å². The maximum atomic E-state index is 11.2. The van der Waals surface area contributed by atoms with E-state index in [1.165, 1.54) is 5.56 Å². The molecule has 0 aliphatic rings. The van der Waals surface area contributed by atoms with Gasteiger partial charge in [0.2, 0.25) is 0 Å². The summed E-state index contributed by atoms with van der Waals surface area (Å²) >= 11 is 0. The van der Waals surface area contributed by atoms with Crippen LogP contribution in [0.2, 0.25) is 0 Å². The normalized spacial score (nSPS) is 12.2. The van der Waals surface area contributed by atoms with E-state index in [1.54, 1.807) is 6.92 Å². The average Bonchev–Trinajstić information content (AvgIpc) is 2.86. The molecule has 0 fully saturated rings. The van der Waals surface area contributed by atoms with Crippen molar-refractivity contribution in [2.45, 2.75) is 65.2 Å². The van der Waals surface area contributed by atoms with E-state index < -0.39 is 0 Å². The highest BCUT2D eigenvalue weighted by Gasteiger charge is 2.12. The molecular weight excluding hydrogens is 442 g/mol. The first-order valence-corrected chi connectivity index (χ1v) is 13.1. The van der Waals surface area contributed by atoms with Crippen LogP contribution < -0.4 is 0 Å². The van der Waals surface area contributed by atoms with E-state index in [1.807, 2.05) is 38.3 Å². The molecule has 0 amide bonds. The number of nitrogens with zero attached hydrogens (tertiary/aromatic N) is 3. The van der Waals surface area contributed by atoms with Crippen LogP contribution in [0.15, 0.2) is 66.3 Å². The first-order valence-electron chi connectivity index (χ1n) is 13.1. The molecule has 0 aliphatic carbocycles. The van der Waals surface area contributed by atoms with E-state index in [4.69, 9.17) is 4.98 Å². The standard InChI is InChI=1S/C32H43N3O.2H2/c1-7-15-29(23-33-4)30-20-21-31(34-32(30)19-13-11-9-10-12-16-25(3)36)28-18-14-17-27(22-28)26(8-2)24-35(5)6;;/h8,14-15,17-18,20-24H,2,7,9-13,16,19H2,1,3-6H3;2*1H/b26-24+,29-15+,33-23?;;. The molecule has 0 N–H and O–H groups in total. The van der Waals surface area contributed by atoms with Crippen LogP contribution in [0.4, 0.5) is 0 Å². The van der Waals surface area contributed by atoms with Gasteiger partial charge in [-0.25, -0.2) is 0 Å². The zero-order valence-electron chi connectivity index (χ0n) is 22.9. The minimum absolute atomic E-state index is 0. The Bertz CT molecular complexity index is 1100. The zero-order chi connectivity index (χ0) is 26.3. The van der Waals surface area contributed by atoms with Crippen molar-refractivity contribution in [3.8, 4) is 11.3 Å². The maximum Gasteiger partial charge on any atom is 0.129 e. The number of allylic oxidation sites excluding steroid dienone is 4. The molecule has 0 unspecified atom stereocenters. The lowest BCUT2D eigenvalue weighted by Gasteiger charge is -2.14. The van der Waals surface area contributed by atoms with Gasteiger partial charge >= 0.3 is 0 Å². The second kappa shape index (κ2) is 15.7. The van der Waals surface area contributed by atoms with Crippen molar-refractivity contribution in [2.24, 2.45) is 4.99 Å². The Labute approximate surface area is 221 Å². The summed E-state index contributed by atoms with van der Waals surface area (Å²) in [4.78, 5) is 22.7. The third-order valence-corrected chi connectivity index (χ3v) is 6.03. The van der Waals surface area contributed by atoms with E-state index >= 15 is 0 Å². The van der Waals surface area contributed by atoms with Gasteiger partial charge in [-0.2, -0.15) is 0 Å². The molecule has 1 heterocycles. The van der Waals surface area contributed by atoms with E-state index in [0.717, 1.165) is 78.6 Å². The fourth-order valence-electron chi connectivity index (χ4n) is 4.28. The second-order valence-corrected chi connectivity index (χ2v) is 9.45. The maximum absolute atomic E-state index is 11.2. The molecule has 0 bridgehead atoms. The van der Waals surface area contributed by atoms with Crippen molar-refractivity contribution in [1.82, 2.24) is 9.88 Å². The van der Waals surface area contributed by atoms with Gasteiger partial charge in [-0.1, -0.05) is 69.2 Å². The zero-order valence-corrected chi connectivity index (χ0v) is 22.9. The smallest absolute Gasteiger partial charge is 0.129 e. The van der Waals surface area contributed by atoms with Gasteiger partial charge in [0.15, 0.2) is 0 Å². The largest absolute Gasteiger partial charge is 0.383 e. The fraction of sp³-hybridized carbons (Fsp3) is 0.406. The van der Waals surface area contributed by atoms with Crippen LogP contribution in [0, 0.1) is 0 Å². The lowest BCUT2D eigenvalue weighted by molar-refractivity contribution is -0.117. The van der Waals surface area contributed by atoms with Crippen molar-refractivity contribution in [2.75, 3.05) is 21.1 Å². The number of hydrogen-bond acceptors (Lipinski definition) is 4. The number of aliphatic imine (C=N–C) groups is 1. The molecule has 196 valence electrons. The van der Waals surface area contributed by atoms with Gasteiger partial charge in [-0.05, 0) is 61.4 Å². The summed E-state index contributed by atoms with van der Waals surface area (Å²) in [6.45, 7) is 7.82. The molecular formula is C32H47N3O. The summed E-state index contributed by atoms with van der Waals surface area (Å²) in [6.07, 6.45) is 16.2. The molecule has 0 radical (unpaired) electrons. The number of carbonyl (C=O) groups is 1. The van der Waals surface area contributed by atoms with E-state index in [-0.39, 0.29) is 8.64 Å². The highest BCUT2D eigenvalue weighted by Crippen LogP contribution is 2.27. The van der Waals surface area contributed by atoms with Crippen LogP contribution in [0.1, 0.15) is 78.5 Å². The summed E-state index contributed by atoms with van der Waals surface area (Å²) in [6, 6.07) is 12.8. The highest BCUT2D eigenvalue weighted by molar-refractivity contribution is 6.10. The van der Waals surface area contributed by atoms with E-state index in [2.05, 4.69) is 67.2 Å². The Balaban J connectivity index is 0.00000684. The first kappa shape index (κ1) is 29.0. The van der Waals surface area contributed by atoms with Crippen molar-refractivity contribution in [3.63, 3.8) is 0 Å². The average molecular weight is 490 g/mol. The number of aromatic nitrogens is 1. The number of pyridine rings is 1. The molecule has 0 saturated carbocycles. The van der Waals surface area contributed by atoms with Gasteiger partial charge in [0.05, 0.1) is 5.69 Å². The minimum atomic E-state index is 0. The summed E-state index contributed by atoms with van der Waals surface area (Å²) < 4.78 is 0. The Kier molecular flexibility index (Phi) is 12.6. The number of ketones is 1. The van der Waals surface area contributed by atoms with Gasteiger partial charge in [0, 0.05) is 59.7 Å². The predicted octanol–water partition coefficient (Wildman–Crippen LogP) is 8.30. The first-order chi connectivity index (χ1) is 17.4. The lowest BCUT2D eigenvalue weighted by Crippen LogP contribution is -2.02. The molecule has 0 atom stereocenters. The minimum Gasteiger partial charge on any atom is -0.383 e. The van der Waals surface area contributed by atoms with Gasteiger partial charge in [-0.3, -0.25) is 9.98 Å². The van der Waals surface area contributed by atoms with Crippen molar-refractivity contribution < 1.29 is 7.65 Å². The second-order valence-electron chi connectivity index (χ2n) is 9.45. The predicted molar refractivity (Wildman–Crippen MR) is 161 cm³/mol. The lowest BCUT2D eigenvalue weighted by atomic mass is 9.97. The van der Waals surface area contributed by atoms with Crippen LogP contribution in [0.3, 0.4) is 0 Å². The molecule has 0 spiro atoms. The monoisotopic (exact) mass is 489 g/mol. The van der Waals surface area contributed by atoms with Crippen LogP contribution in [-0.2, 0) is 11.2 Å². The molecule has 2 aromatic rings. The Morgan fingerprint density at radius 2 is 1.83 bits per heavy atom. The molecule has 1 aromatic carbocycles. The third kappa shape index (κ3) is 9.41. The molecule has 4 heteroatoms. The molecule has 2 rings (SSSR count). The van der Waals surface area contributed by atoms with Crippen LogP contribution in [-0.4, -0.2) is 43.0 Å². The summed E-state index contributed by atoms with van der Waals surface area (Å²) in [5.41, 5.74) is 7.70. The Morgan fingerprint density at radius 1 is 1.08 bits per heavy atom. The van der Waals surface area contributed by atoms with Crippen molar-refractivity contribution >= 4 is 23.1 Å². The topological polar surface area (TPSA) is 45.6 Å². The number of aryl methyl sites for hydroxylation is 1. The van der Waals surface area contributed by atoms with Crippen LogP contribution >= 0.6 is 0 Å². The number of unbranched alkanes of at least 4 members (excludes halogenated alkanes) is 4. The number of benzene rings is 1. The number of carbonyl (C=O) groups excluding carboxylic acids is 1. The number of Topliss-reactive ketones (excluding diaryl/α,β-unsaturated/α-hetero) is 1. The van der Waals surface area contributed by atoms with Crippen molar-refractivity contribution in [1.29, 1.82) is 0 Å². The molecule has 1 aromatic heterocycles. The summed E-state index contributed by atoms with van der Waals surface area (Å²) in [7, 11) is 5.85. The van der Waals surface area contributed by atoms with Gasteiger partial charge in [0.1, 0.15) is 5.78 Å². The third-order valence-electron chi connectivity index (χ3n) is 6.03. The van der Waals surface area contributed by atoms with Crippen molar-refractivity contribution in [3.05, 3.63) is 78.1 Å². The Morgan fingerprint density at radius 3 is 2.50 bits per heavy atom. The molecule has 0 aliphatic heterocycles.